The fourth-order valence-electron chi connectivity index (χ4n) is 2.08. The van der Waals surface area contributed by atoms with Gasteiger partial charge in [0.25, 0.3) is 0 Å². The van der Waals surface area contributed by atoms with E-state index in [2.05, 4.69) is 13.0 Å². The summed E-state index contributed by atoms with van der Waals surface area (Å²) in [6, 6.07) is 13.3. The van der Waals surface area contributed by atoms with E-state index in [9.17, 15) is 0 Å². The monoisotopic (exact) mass is 279 g/mol. The smallest absolute Gasteiger partial charge is 0.0569 e. The molecule has 0 bridgehead atoms. The van der Waals surface area contributed by atoms with Crippen molar-refractivity contribution in [3.8, 4) is 0 Å². The lowest BCUT2D eigenvalue weighted by Crippen LogP contribution is -2.14. The van der Waals surface area contributed by atoms with E-state index < -0.39 is 0 Å². The molecule has 0 spiro atoms. The van der Waals surface area contributed by atoms with Gasteiger partial charge in [-0.15, -0.1) is 0 Å². The Balaban J connectivity index is 2.47. The third-order valence-corrected chi connectivity index (χ3v) is 3.64. The third kappa shape index (κ3) is 2.69. The Morgan fingerprint density at radius 3 is 2.50 bits per heavy atom. The van der Waals surface area contributed by atoms with Crippen molar-refractivity contribution in [2.75, 3.05) is 0 Å². The van der Waals surface area contributed by atoms with Crippen molar-refractivity contribution in [2.24, 2.45) is 5.73 Å². The van der Waals surface area contributed by atoms with Gasteiger partial charge >= 0.3 is 0 Å². The Hall–Kier alpha value is -1.02. The minimum Gasteiger partial charge on any atom is -0.320 e. The highest BCUT2D eigenvalue weighted by Crippen LogP contribution is 2.30. The van der Waals surface area contributed by atoms with E-state index in [1.807, 2.05) is 24.3 Å². The van der Waals surface area contributed by atoms with Gasteiger partial charge in [0, 0.05) is 10.0 Å². The molecule has 0 heterocycles. The van der Waals surface area contributed by atoms with Crippen LogP contribution in [-0.4, -0.2) is 0 Å². The molecule has 0 aliphatic rings. The van der Waals surface area contributed by atoms with Gasteiger partial charge in [0.05, 0.1) is 6.04 Å². The minimum absolute atomic E-state index is 0.243. The number of hydrogen-bond donors (Lipinski definition) is 1. The van der Waals surface area contributed by atoms with Crippen molar-refractivity contribution in [1.82, 2.24) is 0 Å². The van der Waals surface area contributed by atoms with Crippen LogP contribution in [0.1, 0.15) is 29.7 Å². The summed E-state index contributed by atoms with van der Waals surface area (Å²) in [7, 11) is 0. The Morgan fingerprint density at radius 2 is 1.78 bits per heavy atom. The maximum absolute atomic E-state index is 6.32. The van der Waals surface area contributed by atoms with Gasteiger partial charge in [0.2, 0.25) is 0 Å². The van der Waals surface area contributed by atoms with Crippen LogP contribution in [0.5, 0.6) is 0 Å². The van der Waals surface area contributed by atoms with E-state index in [-0.39, 0.29) is 6.04 Å². The number of aryl methyl sites for hydroxylation is 1. The predicted molar refractivity (Wildman–Crippen MR) is 78.3 cm³/mol. The number of nitrogens with two attached hydrogens (primary N) is 1. The summed E-state index contributed by atoms with van der Waals surface area (Å²) in [6.45, 7) is 2.12. The summed E-state index contributed by atoms with van der Waals surface area (Å²) < 4.78 is 0. The number of hydrogen-bond acceptors (Lipinski definition) is 1. The van der Waals surface area contributed by atoms with Crippen LogP contribution in [0.2, 0.25) is 10.0 Å². The van der Waals surface area contributed by atoms with Crippen molar-refractivity contribution < 1.29 is 0 Å². The number of benzene rings is 2. The van der Waals surface area contributed by atoms with Gasteiger partial charge in [0.1, 0.15) is 0 Å². The molecule has 1 unspecified atom stereocenters. The first-order chi connectivity index (χ1) is 8.63. The molecule has 0 aliphatic heterocycles. The minimum atomic E-state index is -0.243. The molecule has 2 aromatic rings. The van der Waals surface area contributed by atoms with Gasteiger partial charge < -0.3 is 5.73 Å². The number of halogens is 2. The van der Waals surface area contributed by atoms with E-state index in [1.165, 1.54) is 5.56 Å². The first kappa shape index (κ1) is 13.4. The van der Waals surface area contributed by atoms with Crippen LogP contribution < -0.4 is 5.73 Å². The SMILES string of the molecule is CCc1ccccc1C(N)c1cc(Cl)ccc1Cl. The normalized spacial score (nSPS) is 12.4. The summed E-state index contributed by atoms with van der Waals surface area (Å²) in [6.07, 6.45) is 0.946. The van der Waals surface area contributed by atoms with Gasteiger partial charge in [-0.2, -0.15) is 0 Å². The molecule has 2 N–H and O–H groups in total. The van der Waals surface area contributed by atoms with E-state index in [0.717, 1.165) is 17.5 Å². The molecule has 94 valence electrons. The number of rotatable bonds is 3. The summed E-state index contributed by atoms with van der Waals surface area (Å²) in [5.41, 5.74) is 9.52. The van der Waals surface area contributed by atoms with Gasteiger partial charge in [-0.3, -0.25) is 0 Å². The largest absolute Gasteiger partial charge is 0.320 e. The second-order valence-corrected chi connectivity index (χ2v) is 5.04. The molecule has 3 heteroatoms. The van der Waals surface area contributed by atoms with Gasteiger partial charge in [-0.05, 0) is 41.3 Å². The quantitative estimate of drug-likeness (QED) is 0.873. The van der Waals surface area contributed by atoms with Crippen molar-refractivity contribution in [2.45, 2.75) is 19.4 Å². The highest BCUT2D eigenvalue weighted by Gasteiger charge is 2.15. The molecule has 0 aromatic heterocycles. The van der Waals surface area contributed by atoms with Gasteiger partial charge in [-0.25, -0.2) is 0 Å². The molecule has 0 saturated heterocycles. The molecule has 0 radical (unpaired) electrons. The third-order valence-electron chi connectivity index (χ3n) is 3.06. The van der Waals surface area contributed by atoms with Crippen molar-refractivity contribution >= 4 is 23.2 Å². The second kappa shape index (κ2) is 5.75. The predicted octanol–water partition coefficient (Wildman–Crippen LogP) is 4.60. The van der Waals surface area contributed by atoms with Crippen LogP contribution in [-0.2, 0) is 6.42 Å². The van der Waals surface area contributed by atoms with E-state index >= 15 is 0 Å². The zero-order valence-corrected chi connectivity index (χ0v) is 11.7. The van der Waals surface area contributed by atoms with Crippen molar-refractivity contribution in [3.63, 3.8) is 0 Å². The molecule has 0 amide bonds. The molecule has 0 fully saturated rings. The first-order valence-electron chi connectivity index (χ1n) is 5.91. The molecule has 2 aromatic carbocycles. The lowest BCUT2D eigenvalue weighted by atomic mass is 9.94. The van der Waals surface area contributed by atoms with Crippen molar-refractivity contribution in [3.05, 3.63) is 69.2 Å². The first-order valence-corrected chi connectivity index (χ1v) is 6.67. The van der Waals surface area contributed by atoms with Gasteiger partial charge in [0.15, 0.2) is 0 Å². The van der Waals surface area contributed by atoms with Gasteiger partial charge in [-0.1, -0.05) is 54.4 Å². The summed E-state index contributed by atoms with van der Waals surface area (Å²) >= 11 is 12.2. The second-order valence-electron chi connectivity index (χ2n) is 4.20. The molecular weight excluding hydrogens is 265 g/mol. The fraction of sp³-hybridized carbons (Fsp3) is 0.200. The van der Waals surface area contributed by atoms with Crippen molar-refractivity contribution in [1.29, 1.82) is 0 Å². The Labute approximate surface area is 118 Å². The summed E-state index contributed by atoms with van der Waals surface area (Å²) in [5, 5.41) is 1.30. The molecule has 18 heavy (non-hydrogen) atoms. The zero-order valence-electron chi connectivity index (χ0n) is 10.2. The van der Waals surface area contributed by atoms with E-state index in [4.69, 9.17) is 28.9 Å². The van der Waals surface area contributed by atoms with Crippen LogP contribution in [0.25, 0.3) is 0 Å². The van der Waals surface area contributed by atoms with Crippen LogP contribution in [0.4, 0.5) is 0 Å². The van der Waals surface area contributed by atoms with Crippen LogP contribution in [0.3, 0.4) is 0 Å². The van der Waals surface area contributed by atoms with Crippen LogP contribution in [0, 0.1) is 0 Å². The van der Waals surface area contributed by atoms with Crippen LogP contribution >= 0.6 is 23.2 Å². The van der Waals surface area contributed by atoms with E-state index in [1.54, 1.807) is 12.1 Å². The maximum atomic E-state index is 6.32. The molecule has 0 aliphatic carbocycles. The topological polar surface area (TPSA) is 26.0 Å². The molecule has 0 saturated carbocycles. The Morgan fingerprint density at radius 1 is 1.06 bits per heavy atom. The highest BCUT2D eigenvalue weighted by atomic mass is 35.5. The Kier molecular flexibility index (Phi) is 4.28. The molecule has 1 atom stereocenters. The lowest BCUT2D eigenvalue weighted by molar-refractivity contribution is 0.850. The van der Waals surface area contributed by atoms with E-state index in [0.29, 0.717) is 10.0 Å². The lowest BCUT2D eigenvalue weighted by Gasteiger charge is -2.17. The van der Waals surface area contributed by atoms with Crippen LogP contribution in [0.15, 0.2) is 42.5 Å². The molecular formula is C15H15Cl2N. The fourth-order valence-corrected chi connectivity index (χ4v) is 2.50. The Bertz CT molecular complexity index is 552. The molecule has 2 rings (SSSR count). The summed E-state index contributed by atoms with van der Waals surface area (Å²) in [4.78, 5) is 0. The zero-order chi connectivity index (χ0) is 13.1. The highest BCUT2D eigenvalue weighted by molar-refractivity contribution is 6.33. The molecule has 1 nitrogen and oxygen atoms in total. The maximum Gasteiger partial charge on any atom is 0.0569 e. The average Bonchev–Trinajstić information content (AvgIpc) is 2.40. The average molecular weight is 280 g/mol. The standard InChI is InChI=1S/C15H15Cl2N/c1-2-10-5-3-4-6-12(10)15(18)13-9-11(16)7-8-14(13)17/h3-9,15H,2,18H2,1H3. The summed E-state index contributed by atoms with van der Waals surface area (Å²) in [5.74, 6) is 0.